The van der Waals surface area contributed by atoms with Gasteiger partial charge in [0.15, 0.2) is 0 Å². The van der Waals surface area contributed by atoms with Gasteiger partial charge in [-0.15, -0.1) is 0 Å². The zero-order valence-corrected chi connectivity index (χ0v) is 12.2. The number of nitrogens with one attached hydrogen (secondary N) is 1. The van der Waals surface area contributed by atoms with E-state index in [1.807, 2.05) is 0 Å². The SMILES string of the molecule is CC1CCCNC1CC(=O)N(C)Cc1ccccc1F. The molecule has 1 saturated heterocycles. The highest BCUT2D eigenvalue weighted by atomic mass is 19.1. The monoisotopic (exact) mass is 278 g/mol. The summed E-state index contributed by atoms with van der Waals surface area (Å²) in [5.41, 5.74) is 0.563. The van der Waals surface area contributed by atoms with Gasteiger partial charge in [-0.2, -0.15) is 0 Å². The normalized spacial score (nSPS) is 22.6. The summed E-state index contributed by atoms with van der Waals surface area (Å²) in [5.74, 6) is 0.338. The molecule has 4 heteroatoms. The van der Waals surface area contributed by atoms with Crippen molar-refractivity contribution in [1.82, 2.24) is 10.2 Å². The number of carbonyl (C=O) groups is 1. The summed E-state index contributed by atoms with van der Waals surface area (Å²) in [6, 6.07) is 6.86. The van der Waals surface area contributed by atoms with Gasteiger partial charge in [-0.1, -0.05) is 25.1 Å². The quantitative estimate of drug-likeness (QED) is 0.918. The second kappa shape index (κ2) is 6.84. The average molecular weight is 278 g/mol. The van der Waals surface area contributed by atoms with E-state index in [4.69, 9.17) is 0 Å². The van der Waals surface area contributed by atoms with Crippen molar-refractivity contribution in [3.05, 3.63) is 35.6 Å². The molecule has 1 N–H and O–H groups in total. The maximum atomic E-state index is 13.6. The Morgan fingerprint density at radius 3 is 2.90 bits per heavy atom. The molecule has 0 bridgehead atoms. The molecule has 1 aliphatic heterocycles. The number of rotatable bonds is 4. The predicted molar refractivity (Wildman–Crippen MR) is 77.7 cm³/mol. The lowest BCUT2D eigenvalue weighted by Gasteiger charge is -2.31. The average Bonchev–Trinajstić information content (AvgIpc) is 2.43. The number of hydrogen-bond acceptors (Lipinski definition) is 2. The van der Waals surface area contributed by atoms with Crippen LogP contribution in [0, 0.1) is 11.7 Å². The van der Waals surface area contributed by atoms with Crippen molar-refractivity contribution in [3.8, 4) is 0 Å². The molecular weight excluding hydrogens is 255 g/mol. The Kier molecular flexibility index (Phi) is 5.12. The molecule has 0 radical (unpaired) electrons. The standard InChI is InChI=1S/C16H23FN2O/c1-12-6-5-9-18-15(12)10-16(20)19(2)11-13-7-3-4-8-14(13)17/h3-4,7-8,12,15,18H,5-6,9-11H2,1-2H3. The van der Waals surface area contributed by atoms with Gasteiger partial charge in [0.05, 0.1) is 0 Å². The fraction of sp³-hybridized carbons (Fsp3) is 0.562. The fourth-order valence-corrected chi connectivity index (χ4v) is 2.70. The number of piperidine rings is 1. The molecule has 1 heterocycles. The maximum Gasteiger partial charge on any atom is 0.224 e. The number of halogens is 1. The van der Waals surface area contributed by atoms with E-state index in [0.29, 0.717) is 24.4 Å². The predicted octanol–water partition coefficient (Wildman–Crippen LogP) is 2.56. The van der Waals surface area contributed by atoms with E-state index < -0.39 is 0 Å². The van der Waals surface area contributed by atoms with E-state index in [0.717, 1.165) is 6.54 Å². The third-order valence-electron chi connectivity index (χ3n) is 4.12. The van der Waals surface area contributed by atoms with E-state index in [1.54, 1.807) is 30.1 Å². The van der Waals surface area contributed by atoms with Gasteiger partial charge in [0.2, 0.25) is 5.91 Å². The van der Waals surface area contributed by atoms with Crippen LogP contribution in [0.25, 0.3) is 0 Å². The number of nitrogens with zero attached hydrogens (tertiary/aromatic N) is 1. The smallest absolute Gasteiger partial charge is 0.224 e. The molecule has 0 aromatic heterocycles. The van der Waals surface area contributed by atoms with E-state index in [9.17, 15) is 9.18 Å². The lowest BCUT2D eigenvalue weighted by molar-refractivity contribution is -0.131. The van der Waals surface area contributed by atoms with E-state index >= 15 is 0 Å². The van der Waals surface area contributed by atoms with E-state index in [1.165, 1.54) is 18.9 Å². The molecule has 0 saturated carbocycles. The number of amides is 1. The molecule has 2 rings (SSSR count). The lowest BCUT2D eigenvalue weighted by Crippen LogP contribution is -2.43. The van der Waals surface area contributed by atoms with Gasteiger partial charge < -0.3 is 10.2 Å². The first-order chi connectivity index (χ1) is 9.58. The van der Waals surface area contributed by atoms with Gasteiger partial charge in [0, 0.05) is 31.6 Å². The van der Waals surface area contributed by atoms with Crippen molar-refractivity contribution >= 4 is 5.91 Å². The molecule has 1 aromatic rings. The zero-order chi connectivity index (χ0) is 14.5. The Morgan fingerprint density at radius 2 is 2.20 bits per heavy atom. The summed E-state index contributed by atoms with van der Waals surface area (Å²) in [4.78, 5) is 13.8. The van der Waals surface area contributed by atoms with E-state index in [-0.39, 0.29) is 17.8 Å². The van der Waals surface area contributed by atoms with Crippen LogP contribution in [-0.4, -0.2) is 30.4 Å². The van der Waals surface area contributed by atoms with Crippen LogP contribution in [0.1, 0.15) is 31.7 Å². The van der Waals surface area contributed by atoms with Crippen LogP contribution >= 0.6 is 0 Å². The third kappa shape index (κ3) is 3.79. The van der Waals surface area contributed by atoms with Crippen molar-refractivity contribution in [3.63, 3.8) is 0 Å². The highest BCUT2D eigenvalue weighted by Crippen LogP contribution is 2.19. The second-order valence-corrected chi connectivity index (χ2v) is 5.73. The number of benzene rings is 1. The largest absolute Gasteiger partial charge is 0.341 e. The van der Waals surface area contributed by atoms with Crippen molar-refractivity contribution < 1.29 is 9.18 Å². The van der Waals surface area contributed by atoms with Gasteiger partial charge in [-0.25, -0.2) is 4.39 Å². The Morgan fingerprint density at radius 1 is 1.45 bits per heavy atom. The van der Waals surface area contributed by atoms with Crippen molar-refractivity contribution in [2.24, 2.45) is 5.92 Å². The first-order valence-electron chi connectivity index (χ1n) is 7.28. The maximum absolute atomic E-state index is 13.6. The minimum absolute atomic E-state index is 0.0690. The van der Waals surface area contributed by atoms with Gasteiger partial charge in [0.1, 0.15) is 5.82 Å². The fourth-order valence-electron chi connectivity index (χ4n) is 2.70. The summed E-state index contributed by atoms with van der Waals surface area (Å²) in [6.07, 6.45) is 2.84. The zero-order valence-electron chi connectivity index (χ0n) is 12.2. The van der Waals surface area contributed by atoms with Crippen LogP contribution in [0.2, 0.25) is 0 Å². The molecular formula is C16H23FN2O. The summed E-state index contributed by atoms with van der Waals surface area (Å²) < 4.78 is 13.6. The molecule has 110 valence electrons. The first kappa shape index (κ1) is 15.0. The molecule has 1 aromatic carbocycles. The Hall–Kier alpha value is -1.42. The topological polar surface area (TPSA) is 32.3 Å². The Bertz CT molecular complexity index is 464. The second-order valence-electron chi connectivity index (χ2n) is 5.73. The van der Waals surface area contributed by atoms with Crippen molar-refractivity contribution in [1.29, 1.82) is 0 Å². The molecule has 0 spiro atoms. The van der Waals surface area contributed by atoms with Gasteiger partial charge in [-0.05, 0) is 31.4 Å². The van der Waals surface area contributed by atoms with Crippen LogP contribution in [0.3, 0.4) is 0 Å². The van der Waals surface area contributed by atoms with Gasteiger partial charge in [-0.3, -0.25) is 4.79 Å². The van der Waals surface area contributed by atoms with Crippen molar-refractivity contribution in [2.45, 2.75) is 38.8 Å². The van der Waals surface area contributed by atoms with Crippen LogP contribution < -0.4 is 5.32 Å². The van der Waals surface area contributed by atoms with Crippen molar-refractivity contribution in [2.75, 3.05) is 13.6 Å². The molecule has 20 heavy (non-hydrogen) atoms. The van der Waals surface area contributed by atoms with Crippen LogP contribution in [0.4, 0.5) is 4.39 Å². The first-order valence-corrected chi connectivity index (χ1v) is 7.28. The van der Waals surface area contributed by atoms with Gasteiger partial charge in [0.25, 0.3) is 0 Å². The summed E-state index contributed by atoms with van der Waals surface area (Å²) in [6.45, 7) is 3.49. The third-order valence-corrected chi connectivity index (χ3v) is 4.12. The molecule has 3 nitrogen and oxygen atoms in total. The number of carbonyl (C=O) groups excluding carboxylic acids is 1. The minimum Gasteiger partial charge on any atom is -0.341 e. The highest BCUT2D eigenvalue weighted by Gasteiger charge is 2.24. The number of hydrogen-bond donors (Lipinski definition) is 1. The minimum atomic E-state index is -0.253. The summed E-state index contributed by atoms with van der Waals surface area (Å²) >= 11 is 0. The molecule has 1 amide bonds. The molecule has 1 fully saturated rings. The molecule has 2 atom stereocenters. The van der Waals surface area contributed by atoms with Gasteiger partial charge >= 0.3 is 0 Å². The Balaban J connectivity index is 1.90. The lowest BCUT2D eigenvalue weighted by atomic mass is 9.90. The van der Waals surface area contributed by atoms with Crippen LogP contribution in [-0.2, 0) is 11.3 Å². The Labute approximate surface area is 120 Å². The van der Waals surface area contributed by atoms with Crippen LogP contribution in [0.5, 0.6) is 0 Å². The molecule has 2 unspecified atom stereocenters. The van der Waals surface area contributed by atoms with Crippen LogP contribution in [0.15, 0.2) is 24.3 Å². The van der Waals surface area contributed by atoms with E-state index in [2.05, 4.69) is 12.2 Å². The molecule has 1 aliphatic rings. The summed E-state index contributed by atoms with van der Waals surface area (Å²) in [7, 11) is 1.74. The highest BCUT2D eigenvalue weighted by molar-refractivity contribution is 5.76. The summed E-state index contributed by atoms with van der Waals surface area (Å²) in [5, 5.41) is 3.41. The molecule has 0 aliphatic carbocycles.